The number of hydrogen-bond donors (Lipinski definition) is 0. The van der Waals surface area contributed by atoms with Gasteiger partial charge < -0.3 is 4.74 Å². The first-order valence-electron chi connectivity index (χ1n) is 7.22. The van der Waals surface area contributed by atoms with Crippen molar-refractivity contribution in [2.45, 2.75) is 6.10 Å². The van der Waals surface area contributed by atoms with E-state index >= 15 is 0 Å². The highest BCUT2D eigenvalue weighted by Crippen LogP contribution is 2.38. The van der Waals surface area contributed by atoms with Gasteiger partial charge in [0.05, 0.1) is 5.56 Å². The van der Waals surface area contributed by atoms with Gasteiger partial charge in [-0.25, -0.2) is 0 Å². The first kappa shape index (κ1) is 12.8. The van der Waals surface area contributed by atoms with E-state index in [1.54, 1.807) is 6.07 Å². The monoisotopic (exact) mass is 286 g/mol. The molecule has 3 aromatic rings. The molecular weight excluding hydrogens is 272 g/mol. The van der Waals surface area contributed by atoms with Crippen LogP contribution in [0.1, 0.15) is 22.0 Å². The Hall–Kier alpha value is -2.87. The van der Waals surface area contributed by atoms with E-state index in [1.807, 2.05) is 42.5 Å². The zero-order chi connectivity index (χ0) is 15.1. The molecule has 0 aromatic heterocycles. The Labute approximate surface area is 128 Å². The molecule has 4 rings (SSSR count). The van der Waals surface area contributed by atoms with Crippen LogP contribution in [0.25, 0.3) is 10.8 Å². The van der Waals surface area contributed by atoms with Crippen LogP contribution in [0.5, 0.6) is 5.75 Å². The number of Topliss-reactive ketones (excluding diaryl/α,β-unsaturated/α-hetero) is 1. The second-order valence-electron chi connectivity index (χ2n) is 5.46. The van der Waals surface area contributed by atoms with Crippen LogP contribution < -0.4 is 4.74 Å². The molecule has 0 aliphatic carbocycles. The van der Waals surface area contributed by atoms with Crippen LogP contribution in [0, 0.1) is 0 Å². The van der Waals surface area contributed by atoms with Gasteiger partial charge in [-0.3, -0.25) is 4.79 Å². The molecule has 0 radical (unpaired) electrons. The number of benzene rings is 3. The summed E-state index contributed by atoms with van der Waals surface area (Å²) < 4.78 is 6.03. The van der Waals surface area contributed by atoms with Crippen molar-refractivity contribution in [3.05, 3.63) is 90.0 Å². The average Bonchev–Trinajstić information content (AvgIpc) is 2.58. The maximum atomic E-state index is 12.5. The van der Waals surface area contributed by atoms with Crippen molar-refractivity contribution in [2.75, 3.05) is 0 Å². The fraction of sp³-hybridized carbons (Fsp3) is 0.0500. The summed E-state index contributed by atoms with van der Waals surface area (Å²) in [5, 5.41) is 2.29. The van der Waals surface area contributed by atoms with Gasteiger partial charge in [-0.05, 0) is 34.5 Å². The number of carbonyl (C=O) groups excluding carboxylic acids is 1. The Balaban J connectivity index is 1.81. The molecule has 1 aliphatic heterocycles. The summed E-state index contributed by atoms with van der Waals surface area (Å²) in [6, 6.07) is 21.6. The fourth-order valence-corrected chi connectivity index (χ4v) is 2.89. The molecule has 22 heavy (non-hydrogen) atoms. The summed E-state index contributed by atoms with van der Waals surface area (Å²) in [4.78, 5) is 12.5. The second-order valence-corrected chi connectivity index (χ2v) is 5.46. The van der Waals surface area contributed by atoms with E-state index in [4.69, 9.17) is 4.74 Å². The zero-order valence-corrected chi connectivity index (χ0v) is 12.0. The highest BCUT2D eigenvalue weighted by molar-refractivity contribution is 6.11. The van der Waals surface area contributed by atoms with Crippen molar-refractivity contribution < 1.29 is 9.53 Å². The van der Waals surface area contributed by atoms with Gasteiger partial charge in [-0.2, -0.15) is 0 Å². The number of carbonyl (C=O) groups is 1. The van der Waals surface area contributed by atoms with Crippen LogP contribution in [0.4, 0.5) is 0 Å². The maximum absolute atomic E-state index is 12.5. The smallest absolute Gasteiger partial charge is 0.196 e. The molecule has 0 saturated carbocycles. The largest absolute Gasteiger partial charge is 0.480 e. The van der Waals surface area contributed by atoms with Crippen LogP contribution in [0.3, 0.4) is 0 Å². The van der Waals surface area contributed by atoms with Gasteiger partial charge in [0.25, 0.3) is 0 Å². The average molecular weight is 286 g/mol. The van der Waals surface area contributed by atoms with Crippen molar-refractivity contribution >= 4 is 16.6 Å². The highest BCUT2D eigenvalue weighted by atomic mass is 16.5. The van der Waals surface area contributed by atoms with Crippen molar-refractivity contribution in [3.63, 3.8) is 0 Å². The lowest BCUT2D eigenvalue weighted by molar-refractivity contribution is 0.0962. The maximum Gasteiger partial charge on any atom is 0.196 e. The van der Waals surface area contributed by atoms with Gasteiger partial charge in [0.2, 0.25) is 0 Å². The fourth-order valence-electron chi connectivity index (χ4n) is 2.89. The quantitative estimate of drug-likeness (QED) is 0.605. The molecule has 0 saturated heterocycles. The molecule has 3 aromatic carbocycles. The van der Waals surface area contributed by atoms with Crippen LogP contribution in [0.15, 0.2) is 78.9 Å². The lowest BCUT2D eigenvalue weighted by atomic mass is 9.91. The van der Waals surface area contributed by atoms with E-state index in [2.05, 4.69) is 24.8 Å². The third kappa shape index (κ3) is 1.92. The van der Waals surface area contributed by atoms with Gasteiger partial charge >= 0.3 is 0 Å². The minimum atomic E-state index is -0.424. The molecule has 0 N–H and O–H groups in total. The molecule has 0 amide bonds. The number of rotatable bonds is 1. The lowest BCUT2D eigenvalue weighted by Gasteiger charge is -2.27. The topological polar surface area (TPSA) is 26.3 Å². The Morgan fingerprint density at radius 3 is 2.45 bits per heavy atom. The van der Waals surface area contributed by atoms with E-state index in [0.717, 1.165) is 10.9 Å². The number of hydrogen-bond acceptors (Lipinski definition) is 2. The van der Waals surface area contributed by atoms with Gasteiger partial charge in [0, 0.05) is 5.57 Å². The molecule has 1 aliphatic rings. The van der Waals surface area contributed by atoms with Crippen molar-refractivity contribution in [2.24, 2.45) is 0 Å². The standard InChI is InChI=1S/C20H14O2/c1-13-19(21)17-8-4-5-9-18(17)22-20(13)16-11-10-14-6-2-3-7-15(14)12-16/h2-12,20H,1H2. The summed E-state index contributed by atoms with van der Waals surface area (Å²) >= 11 is 0. The van der Waals surface area contributed by atoms with Crippen LogP contribution >= 0.6 is 0 Å². The zero-order valence-electron chi connectivity index (χ0n) is 12.0. The molecule has 0 bridgehead atoms. The van der Waals surface area contributed by atoms with Crippen LogP contribution in [-0.4, -0.2) is 5.78 Å². The molecule has 0 fully saturated rings. The van der Waals surface area contributed by atoms with E-state index in [1.165, 1.54) is 5.39 Å². The highest BCUT2D eigenvalue weighted by Gasteiger charge is 2.31. The molecule has 2 heteroatoms. The number of fused-ring (bicyclic) bond motifs is 2. The van der Waals surface area contributed by atoms with E-state index < -0.39 is 6.10 Å². The van der Waals surface area contributed by atoms with Crippen molar-refractivity contribution in [1.29, 1.82) is 0 Å². The summed E-state index contributed by atoms with van der Waals surface area (Å²) in [6.45, 7) is 3.96. The Morgan fingerprint density at radius 2 is 1.59 bits per heavy atom. The molecule has 1 heterocycles. The Bertz CT molecular complexity index is 908. The third-order valence-corrected chi connectivity index (χ3v) is 4.06. The first-order chi connectivity index (χ1) is 10.7. The minimum absolute atomic E-state index is 0.0417. The lowest BCUT2D eigenvalue weighted by Crippen LogP contribution is -2.23. The van der Waals surface area contributed by atoms with Crippen molar-refractivity contribution in [3.8, 4) is 5.75 Å². The Morgan fingerprint density at radius 1 is 0.864 bits per heavy atom. The van der Waals surface area contributed by atoms with E-state index in [-0.39, 0.29) is 5.78 Å². The molecule has 2 nitrogen and oxygen atoms in total. The Kier molecular flexibility index (Phi) is 2.83. The minimum Gasteiger partial charge on any atom is -0.480 e. The molecule has 0 spiro atoms. The molecular formula is C20H14O2. The number of ketones is 1. The van der Waals surface area contributed by atoms with E-state index in [9.17, 15) is 4.79 Å². The summed E-state index contributed by atoms with van der Waals surface area (Å²) in [5.74, 6) is 0.582. The second kappa shape index (κ2) is 4.85. The third-order valence-electron chi connectivity index (χ3n) is 4.06. The molecule has 106 valence electrons. The van der Waals surface area contributed by atoms with Crippen LogP contribution in [0.2, 0.25) is 0 Å². The van der Waals surface area contributed by atoms with Gasteiger partial charge in [-0.1, -0.05) is 55.1 Å². The number of para-hydroxylation sites is 1. The first-order valence-corrected chi connectivity index (χ1v) is 7.22. The normalized spacial score (nSPS) is 17.2. The summed E-state index contributed by atoms with van der Waals surface area (Å²) in [7, 11) is 0. The number of ether oxygens (including phenoxy) is 1. The van der Waals surface area contributed by atoms with Crippen molar-refractivity contribution in [1.82, 2.24) is 0 Å². The van der Waals surface area contributed by atoms with Gasteiger partial charge in [-0.15, -0.1) is 0 Å². The predicted molar refractivity (Wildman–Crippen MR) is 87.2 cm³/mol. The molecule has 1 atom stereocenters. The van der Waals surface area contributed by atoms with Gasteiger partial charge in [0.15, 0.2) is 11.9 Å². The van der Waals surface area contributed by atoms with Crippen LogP contribution in [-0.2, 0) is 0 Å². The SMILES string of the molecule is C=C1C(=O)c2ccccc2OC1c1ccc2ccccc2c1. The van der Waals surface area contributed by atoms with E-state index in [0.29, 0.717) is 16.9 Å². The summed E-state index contributed by atoms with van der Waals surface area (Å²) in [6.07, 6.45) is -0.424. The summed E-state index contributed by atoms with van der Waals surface area (Å²) in [5.41, 5.74) is 2.02. The molecule has 1 unspecified atom stereocenters. The predicted octanol–water partition coefficient (Wildman–Crippen LogP) is 4.71. The van der Waals surface area contributed by atoms with Gasteiger partial charge in [0.1, 0.15) is 5.75 Å².